The molecule has 2 fully saturated rings. The van der Waals surface area contributed by atoms with Crippen LogP contribution in [0.3, 0.4) is 0 Å². The molecule has 0 aromatic carbocycles. The Hall–Kier alpha value is -2.18. The smallest absolute Gasteiger partial charge is 0.225 e. The summed E-state index contributed by atoms with van der Waals surface area (Å²) in [6, 6.07) is 7.72. The molecular weight excluding hydrogens is 318 g/mol. The minimum Gasteiger partial charge on any atom is -0.468 e. The molecule has 0 bridgehead atoms. The number of pyridine rings is 1. The fourth-order valence-electron chi connectivity index (χ4n) is 3.91. The van der Waals surface area contributed by atoms with Gasteiger partial charge in [0.2, 0.25) is 5.91 Å². The number of hydrogen-bond donors (Lipinski definition) is 1. The number of piperidine rings is 1. The van der Waals surface area contributed by atoms with Crippen LogP contribution in [0.15, 0.2) is 47.3 Å². The molecule has 3 atom stereocenters. The summed E-state index contributed by atoms with van der Waals surface area (Å²) >= 11 is 0. The van der Waals surface area contributed by atoms with Crippen molar-refractivity contribution in [3.05, 3.63) is 54.2 Å². The first-order valence-corrected chi connectivity index (χ1v) is 8.82. The highest BCUT2D eigenvalue weighted by Gasteiger charge is 2.43. The summed E-state index contributed by atoms with van der Waals surface area (Å²) < 4.78 is 11.3. The Balaban J connectivity index is 1.41. The van der Waals surface area contributed by atoms with Gasteiger partial charge in [-0.1, -0.05) is 6.07 Å². The van der Waals surface area contributed by atoms with Crippen LogP contribution in [0.5, 0.6) is 0 Å². The lowest BCUT2D eigenvalue weighted by molar-refractivity contribution is -0.131. The van der Waals surface area contributed by atoms with Crippen LogP contribution < -0.4 is 5.32 Å². The first-order chi connectivity index (χ1) is 12.3. The Morgan fingerprint density at radius 3 is 3.08 bits per heavy atom. The highest BCUT2D eigenvalue weighted by atomic mass is 16.5. The molecule has 2 aromatic heterocycles. The molecule has 132 valence electrons. The lowest BCUT2D eigenvalue weighted by Crippen LogP contribution is -2.52. The summed E-state index contributed by atoms with van der Waals surface area (Å²) in [4.78, 5) is 19.2. The molecule has 2 saturated heterocycles. The molecule has 6 heteroatoms. The Bertz CT molecular complexity index is 689. The maximum atomic E-state index is 12.8. The van der Waals surface area contributed by atoms with E-state index in [1.165, 1.54) is 0 Å². The molecule has 2 aromatic rings. The molecule has 0 unspecified atom stereocenters. The number of aromatic nitrogens is 1. The van der Waals surface area contributed by atoms with E-state index in [0.29, 0.717) is 19.0 Å². The van der Waals surface area contributed by atoms with Crippen molar-refractivity contribution >= 4 is 5.91 Å². The van der Waals surface area contributed by atoms with E-state index in [-0.39, 0.29) is 17.9 Å². The number of rotatable bonds is 5. The van der Waals surface area contributed by atoms with E-state index >= 15 is 0 Å². The van der Waals surface area contributed by atoms with E-state index in [9.17, 15) is 4.79 Å². The predicted octanol–water partition coefficient (Wildman–Crippen LogP) is 1.83. The third-order valence-electron chi connectivity index (χ3n) is 5.16. The Morgan fingerprint density at radius 2 is 2.28 bits per heavy atom. The van der Waals surface area contributed by atoms with E-state index in [0.717, 1.165) is 37.4 Å². The number of nitrogens with zero attached hydrogens (tertiary/aromatic N) is 2. The van der Waals surface area contributed by atoms with Crippen molar-refractivity contribution in [2.75, 3.05) is 19.7 Å². The first-order valence-electron chi connectivity index (χ1n) is 8.82. The lowest BCUT2D eigenvalue weighted by atomic mass is 9.82. The predicted molar refractivity (Wildman–Crippen MR) is 91.4 cm³/mol. The molecular formula is C19H23N3O3. The van der Waals surface area contributed by atoms with E-state index in [2.05, 4.69) is 15.2 Å². The zero-order chi connectivity index (χ0) is 17.1. The number of likely N-dealkylation sites (tertiary alicyclic amines) is 1. The standard InChI is InChI=1S/C19H23N3O3/c23-19(21-10-14-3-1-6-20-9-14)17-12-22(11-15-4-2-7-24-15)13-18-16(17)5-8-25-18/h1-4,6-7,9,16-18H,5,8,10-13H2,(H,21,23)/t16-,17-,18+/m0/s1. The van der Waals surface area contributed by atoms with Crippen LogP contribution in [-0.4, -0.2) is 41.6 Å². The van der Waals surface area contributed by atoms with Gasteiger partial charge in [0, 0.05) is 44.6 Å². The summed E-state index contributed by atoms with van der Waals surface area (Å²) in [6.45, 7) is 3.57. The topological polar surface area (TPSA) is 67.6 Å². The van der Waals surface area contributed by atoms with Crippen LogP contribution in [0.1, 0.15) is 17.7 Å². The minimum absolute atomic E-state index is 0.0483. The van der Waals surface area contributed by atoms with E-state index in [1.54, 1.807) is 18.7 Å². The van der Waals surface area contributed by atoms with Crippen LogP contribution in [0, 0.1) is 11.8 Å². The zero-order valence-corrected chi connectivity index (χ0v) is 14.1. The number of amides is 1. The number of hydrogen-bond acceptors (Lipinski definition) is 5. The summed E-state index contributed by atoms with van der Waals surface area (Å²) in [5.41, 5.74) is 1.01. The summed E-state index contributed by atoms with van der Waals surface area (Å²) in [6.07, 6.45) is 6.31. The third kappa shape index (κ3) is 3.75. The number of fused-ring (bicyclic) bond motifs is 1. The van der Waals surface area contributed by atoms with Crippen molar-refractivity contribution < 1.29 is 13.9 Å². The molecule has 1 amide bonds. The molecule has 2 aliphatic rings. The highest BCUT2D eigenvalue weighted by molar-refractivity contribution is 5.79. The zero-order valence-electron chi connectivity index (χ0n) is 14.1. The maximum absolute atomic E-state index is 12.8. The Morgan fingerprint density at radius 1 is 1.32 bits per heavy atom. The molecule has 0 radical (unpaired) electrons. The van der Waals surface area contributed by atoms with Gasteiger partial charge in [0.1, 0.15) is 5.76 Å². The average Bonchev–Trinajstić information content (AvgIpc) is 3.31. The summed E-state index contributed by atoms with van der Waals surface area (Å²) in [5.74, 6) is 1.29. The molecule has 0 aliphatic carbocycles. The van der Waals surface area contributed by atoms with Crippen LogP contribution >= 0.6 is 0 Å². The van der Waals surface area contributed by atoms with Gasteiger partial charge in [0.15, 0.2) is 0 Å². The minimum atomic E-state index is -0.0483. The lowest BCUT2D eigenvalue weighted by Gasteiger charge is -2.38. The highest BCUT2D eigenvalue weighted by Crippen LogP contribution is 2.34. The van der Waals surface area contributed by atoms with Gasteiger partial charge in [-0.05, 0) is 30.2 Å². The van der Waals surface area contributed by atoms with Crippen LogP contribution in [0.4, 0.5) is 0 Å². The second-order valence-electron chi connectivity index (χ2n) is 6.82. The Kier molecular flexibility index (Phi) is 4.81. The Labute approximate surface area is 147 Å². The normalized spacial score (nSPS) is 26.3. The van der Waals surface area contributed by atoms with Gasteiger partial charge in [0.05, 0.1) is 24.8 Å². The number of carbonyl (C=O) groups is 1. The van der Waals surface area contributed by atoms with Crippen LogP contribution in [-0.2, 0) is 22.6 Å². The van der Waals surface area contributed by atoms with Crippen molar-refractivity contribution in [1.82, 2.24) is 15.2 Å². The fraction of sp³-hybridized carbons (Fsp3) is 0.474. The number of furan rings is 1. The molecule has 2 aliphatic heterocycles. The van der Waals surface area contributed by atoms with Gasteiger partial charge in [-0.25, -0.2) is 0 Å². The molecule has 6 nitrogen and oxygen atoms in total. The van der Waals surface area contributed by atoms with Crippen LogP contribution in [0.25, 0.3) is 0 Å². The largest absolute Gasteiger partial charge is 0.468 e. The van der Waals surface area contributed by atoms with E-state index in [4.69, 9.17) is 9.15 Å². The van der Waals surface area contributed by atoms with Gasteiger partial charge in [-0.15, -0.1) is 0 Å². The monoisotopic (exact) mass is 341 g/mol. The van der Waals surface area contributed by atoms with Crippen molar-refractivity contribution in [3.63, 3.8) is 0 Å². The molecule has 1 N–H and O–H groups in total. The van der Waals surface area contributed by atoms with Crippen molar-refractivity contribution in [1.29, 1.82) is 0 Å². The van der Waals surface area contributed by atoms with Gasteiger partial charge >= 0.3 is 0 Å². The van der Waals surface area contributed by atoms with Crippen molar-refractivity contribution in [3.8, 4) is 0 Å². The van der Waals surface area contributed by atoms with Gasteiger partial charge < -0.3 is 14.5 Å². The van der Waals surface area contributed by atoms with E-state index < -0.39 is 0 Å². The summed E-state index contributed by atoms with van der Waals surface area (Å²) in [5, 5.41) is 3.08. The SMILES string of the molecule is O=C(NCc1cccnc1)[C@H]1CN(Cc2ccco2)C[C@H]2OCC[C@@H]12. The molecule has 4 rings (SSSR count). The van der Waals surface area contributed by atoms with Crippen molar-refractivity contribution in [2.24, 2.45) is 11.8 Å². The average molecular weight is 341 g/mol. The maximum Gasteiger partial charge on any atom is 0.225 e. The molecule has 4 heterocycles. The fourth-order valence-corrected chi connectivity index (χ4v) is 3.91. The summed E-state index contributed by atoms with van der Waals surface area (Å²) in [7, 11) is 0. The van der Waals surface area contributed by atoms with Gasteiger partial charge in [-0.2, -0.15) is 0 Å². The van der Waals surface area contributed by atoms with E-state index in [1.807, 2.05) is 24.3 Å². The number of carbonyl (C=O) groups excluding carboxylic acids is 1. The quantitative estimate of drug-likeness (QED) is 0.899. The second-order valence-corrected chi connectivity index (χ2v) is 6.82. The van der Waals surface area contributed by atoms with Gasteiger partial charge in [-0.3, -0.25) is 14.7 Å². The second kappa shape index (κ2) is 7.37. The van der Waals surface area contributed by atoms with Crippen LogP contribution in [0.2, 0.25) is 0 Å². The number of ether oxygens (including phenoxy) is 1. The van der Waals surface area contributed by atoms with Gasteiger partial charge in [0.25, 0.3) is 0 Å². The molecule has 25 heavy (non-hydrogen) atoms. The number of nitrogens with one attached hydrogen (secondary N) is 1. The van der Waals surface area contributed by atoms with Crippen molar-refractivity contribution in [2.45, 2.75) is 25.6 Å². The molecule has 0 saturated carbocycles. The third-order valence-corrected chi connectivity index (χ3v) is 5.16. The molecule has 0 spiro atoms. The first kappa shape index (κ1) is 16.3.